The van der Waals surface area contributed by atoms with Gasteiger partial charge in [0.25, 0.3) is 0 Å². The number of ether oxygens (including phenoxy) is 3. The number of aliphatic hydroxyl groups is 2. The number of hydrogen-bond donors (Lipinski definition) is 3. The zero-order chi connectivity index (χ0) is 18.1. The number of aliphatic hydroxyl groups excluding tert-OH is 1. The molecule has 3 N–H and O–H groups in total. The van der Waals surface area contributed by atoms with E-state index in [9.17, 15) is 15.0 Å². The molecule has 0 aromatic carbocycles. The lowest BCUT2D eigenvalue weighted by molar-refractivity contribution is -0.163. The van der Waals surface area contributed by atoms with Crippen LogP contribution in [-0.4, -0.2) is 72.0 Å². The summed E-state index contributed by atoms with van der Waals surface area (Å²) in [4.78, 5) is 12.1. The molecule has 0 aromatic rings. The molecule has 1 unspecified atom stereocenters. The number of nitrogens with one attached hydrogen (secondary N) is 1. The first-order chi connectivity index (χ1) is 11.0. The van der Waals surface area contributed by atoms with Crippen LogP contribution >= 0.6 is 0 Å². The van der Waals surface area contributed by atoms with Gasteiger partial charge in [0, 0.05) is 19.0 Å². The molecule has 2 aliphatic heterocycles. The number of esters is 1. The molecule has 140 valence electrons. The Bertz CT molecular complexity index is 449. The fourth-order valence-corrected chi connectivity index (χ4v) is 3.00. The van der Waals surface area contributed by atoms with Crippen molar-refractivity contribution in [2.24, 2.45) is 5.41 Å². The molecule has 2 aliphatic rings. The number of rotatable bonds is 6. The molecule has 7 heteroatoms. The Morgan fingerprint density at radius 3 is 2.62 bits per heavy atom. The van der Waals surface area contributed by atoms with Crippen LogP contribution in [0.3, 0.4) is 0 Å². The van der Waals surface area contributed by atoms with Crippen LogP contribution in [0.2, 0.25) is 0 Å². The minimum absolute atomic E-state index is 0.0602. The molecule has 0 aromatic heterocycles. The van der Waals surface area contributed by atoms with Crippen LogP contribution in [0, 0.1) is 5.41 Å². The van der Waals surface area contributed by atoms with E-state index in [-0.39, 0.29) is 31.6 Å². The zero-order valence-corrected chi connectivity index (χ0v) is 15.2. The van der Waals surface area contributed by atoms with Gasteiger partial charge < -0.3 is 29.7 Å². The first-order valence-electron chi connectivity index (χ1n) is 8.61. The molecule has 0 aliphatic carbocycles. The van der Waals surface area contributed by atoms with Gasteiger partial charge in [-0.3, -0.25) is 4.79 Å². The number of fused-ring (bicyclic) bond motifs is 1. The van der Waals surface area contributed by atoms with Gasteiger partial charge in [0.05, 0.1) is 24.7 Å². The van der Waals surface area contributed by atoms with Gasteiger partial charge in [0.2, 0.25) is 0 Å². The van der Waals surface area contributed by atoms with Crippen molar-refractivity contribution < 1.29 is 29.2 Å². The van der Waals surface area contributed by atoms with Crippen LogP contribution in [-0.2, 0) is 19.0 Å². The van der Waals surface area contributed by atoms with Crippen molar-refractivity contribution in [3.8, 4) is 0 Å². The predicted molar refractivity (Wildman–Crippen MR) is 87.5 cm³/mol. The smallest absolute Gasteiger partial charge is 0.311 e. The lowest BCUT2D eigenvalue weighted by Gasteiger charge is -2.29. The maximum atomic E-state index is 12.1. The van der Waals surface area contributed by atoms with Crippen LogP contribution in [0.1, 0.15) is 41.0 Å². The molecule has 2 saturated heterocycles. The second kappa shape index (κ2) is 7.25. The molecule has 0 radical (unpaired) electrons. The Morgan fingerprint density at radius 1 is 1.38 bits per heavy atom. The molecule has 7 nitrogen and oxygen atoms in total. The van der Waals surface area contributed by atoms with E-state index in [2.05, 4.69) is 5.32 Å². The molecule has 0 amide bonds. The van der Waals surface area contributed by atoms with E-state index in [0.29, 0.717) is 6.54 Å². The molecule has 0 bridgehead atoms. The lowest BCUT2D eigenvalue weighted by atomic mass is 9.89. The molecule has 2 rings (SSSR count). The Balaban J connectivity index is 1.93. The van der Waals surface area contributed by atoms with E-state index >= 15 is 0 Å². The van der Waals surface area contributed by atoms with Gasteiger partial charge in [0.1, 0.15) is 17.8 Å². The Morgan fingerprint density at radius 2 is 2.04 bits per heavy atom. The molecule has 0 spiro atoms. The summed E-state index contributed by atoms with van der Waals surface area (Å²) < 4.78 is 16.8. The van der Waals surface area contributed by atoms with Crippen molar-refractivity contribution in [2.45, 2.75) is 77.1 Å². The Labute approximate surface area is 143 Å². The largest absolute Gasteiger partial charge is 0.457 e. The fourth-order valence-electron chi connectivity index (χ4n) is 3.00. The third-order valence-electron chi connectivity index (χ3n) is 4.38. The van der Waals surface area contributed by atoms with Crippen LogP contribution < -0.4 is 5.32 Å². The highest BCUT2D eigenvalue weighted by Gasteiger charge is 2.57. The molecule has 2 heterocycles. The number of carbonyl (C=O) groups excluding carboxylic acids is 1. The highest BCUT2D eigenvalue weighted by atomic mass is 16.6. The highest BCUT2D eigenvalue weighted by Crippen LogP contribution is 2.38. The van der Waals surface area contributed by atoms with Crippen LogP contribution in [0.15, 0.2) is 0 Å². The van der Waals surface area contributed by atoms with Gasteiger partial charge in [-0.1, -0.05) is 13.8 Å². The summed E-state index contributed by atoms with van der Waals surface area (Å²) in [5.74, 6) is -0.322. The summed E-state index contributed by atoms with van der Waals surface area (Å²) in [6, 6.07) is 0.255. The second-order valence-electron chi connectivity index (χ2n) is 8.25. The van der Waals surface area contributed by atoms with Crippen LogP contribution in [0.4, 0.5) is 0 Å². The summed E-state index contributed by atoms with van der Waals surface area (Å²) in [6.45, 7) is 9.98. The maximum absolute atomic E-state index is 12.1. The van der Waals surface area contributed by atoms with Crippen molar-refractivity contribution in [1.29, 1.82) is 0 Å². The molecular weight excluding hydrogens is 314 g/mol. The molecule has 24 heavy (non-hydrogen) atoms. The van der Waals surface area contributed by atoms with Crippen LogP contribution in [0.25, 0.3) is 0 Å². The van der Waals surface area contributed by atoms with Gasteiger partial charge in [0.15, 0.2) is 6.10 Å². The quantitative estimate of drug-likeness (QED) is 0.593. The number of carbonyl (C=O) groups is 1. The normalized spacial score (nSPS) is 34.4. The average Bonchev–Trinajstić information content (AvgIpc) is 2.98. The molecule has 0 saturated carbocycles. The predicted octanol–water partition coefficient (Wildman–Crippen LogP) is 0.222. The molecular formula is C17H31NO6. The van der Waals surface area contributed by atoms with Gasteiger partial charge in [-0.25, -0.2) is 0 Å². The Hall–Kier alpha value is -0.730. The summed E-state index contributed by atoms with van der Waals surface area (Å²) in [7, 11) is 0. The molecule has 5 atom stereocenters. The highest BCUT2D eigenvalue weighted by molar-refractivity contribution is 5.75. The minimum Gasteiger partial charge on any atom is -0.457 e. The topological polar surface area (TPSA) is 97.3 Å². The second-order valence-corrected chi connectivity index (χ2v) is 8.25. The third kappa shape index (κ3) is 4.46. The van der Waals surface area contributed by atoms with E-state index in [1.807, 2.05) is 13.8 Å². The average molecular weight is 345 g/mol. The van der Waals surface area contributed by atoms with E-state index in [0.717, 1.165) is 0 Å². The third-order valence-corrected chi connectivity index (χ3v) is 4.38. The van der Waals surface area contributed by atoms with E-state index in [1.54, 1.807) is 20.8 Å². The first kappa shape index (κ1) is 19.6. The summed E-state index contributed by atoms with van der Waals surface area (Å²) in [6.07, 6.45) is -2.18. The first-order valence-corrected chi connectivity index (χ1v) is 8.61. The Kier molecular flexibility index (Phi) is 5.92. The standard InChI is InChI=1S/C17H31NO6/c1-10(2)18-7-11(19)6-17(21)9-23-13-12(8-22-14(13)17)24-15(20)16(3,4)5/h10-14,18-19,21H,6-9H2,1-5H3/t11?,12-,13-,14+,17+/m1/s1. The summed E-state index contributed by atoms with van der Waals surface area (Å²) in [5, 5.41) is 24.1. The molecule has 2 fully saturated rings. The van der Waals surface area contributed by atoms with Crippen molar-refractivity contribution >= 4 is 5.97 Å². The van der Waals surface area contributed by atoms with Crippen molar-refractivity contribution in [1.82, 2.24) is 5.32 Å². The van der Waals surface area contributed by atoms with E-state index in [4.69, 9.17) is 14.2 Å². The number of hydrogen-bond acceptors (Lipinski definition) is 7. The fraction of sp³-hybridized carbons (Fsp3) is 0.941. The van der Waals surface area contributed by atoms with Crippen molar-refractivity contribution in [3.63, 3.8) is 0 Å². The van der Waals surface area contributed by atoms with Crippen molar-refractivity contribution in [2.75, 3.05) is 19.8 Å². The van der Waals surface area contributed by atoms with Gasteiger partial charge in [-0.2, -0.15) is 0 Å². The van der Waals surface area contributed by atoms with E-state index in [1.165, 1.54) is 0 Å². The lowest BCUT2D eigenvalue weighted by Crippen LogP contribution is -2.48. The zero-order valence-electron chi connectivity index (χ0n) is 15.2. The van der Waals surface area contributed by atoms with Crippen molar-refractivity contribution in [3.05, 3.63) is 0 Å². The van der Waals surface area contributed by atoms with Crippen LogP contribution in [0.5, 0.6) is 0 Å². The van der Waals surface area contributed by atoms with E-state index < -0.39 is 35.4 Å². The van der Waals surface area contributed by atoms with Gasteiger partial charge in [-0.05, 0) is 20.8 Å². The van der Waals surface area contributed by atoms with Gasteiger partial charge >= 0.3 is 5.97 Å². The summed E-state index contributed by atoms with van der Waals surface area (Å²) in [5.41, 5.74) is -1.88. The SMILES string of the molecule is CC(C)NCC(O)C[C@]1(O)CO[C@@H]2[C@H](OC(=O)C(C)(C)C)CO[C@@H]21. The monoisotopic (exact) mass is 345 g/mol. The summed E-state index contributed by atoms with van der Waals surface area (Å²) >= 11 is 0. The maximum Gasteiger partial charge on any atom is 0.311 e. The van der Waals surface area contributed by atoms with Gasteiger partial charge in [-0.15, -0.1) is 0 Å². The minimum atomic E-state index is -1.27.